The van der Waals surface area contributed by atoms with Crippen molar-refractivity contribution in [2.45, 2.75) is 17.1 Å². The van der Waals surface area contributed by atoms with Gasteiger partial charge in [0.15, 0.2) is 5.16 Å². The van der Waals surface area contributed by atoms with Crippen molar-refractivity contribution in [3.8, 4) is 0 Å². The van der Waals surface area contributed by atoms with Crippen molar-refractivity contribution in [1.82, 2.24) is 15.0 Å². The van der Waals surface area contributed by atoms with E-state index in [1.807, 2.05) is 13.0 Å². The number of pyridine rings is 1. The third-order valence-corrected chi connectivity index (χ3v) is 3.69. The van der Waals surface area contributed by atoms with E-state index in [0.717, 1.165) is 5.56 Å². The first-order valence-corrected chi connectivity index (χ1v) is 7.05. The molecule has 5 nitrogen and oxygen atoms in total. The van der Waals surface area contributed by atoms with Gasteiger partial charge in [-0.25, -0.2) is 19.7 Å². The predicted octanol–water partition coefficient (Wildman–Crippen LogP) is 3.18. The number of fused-ring (bicyclic) bond motifs is 1. The Hall–Kier alpha value is -2.47. The summed E-state index contributed by atoms with van der Waals surface area (Å²) in [5.41, 5.74) is 1.85. The number of rotatable bonds is 3. The molecule has 0 atom stereocenters. The van der Waals surface area contributed by atoms with Gasteiger partial charge in [-0.3, -0.25) is 0 Å². The van der Waals surface area contributed by atoms with Crippen LogP contribution in [0.3, 0.4) is 0 Å². The molecular formula is C15H11N3O2S. The molecule has 2 aromatic heterocycles. The fourth-order valence-electron chi connectivity index (χ4n) is 1.91. The van der Waals surface area contributed by atoms with Gasteiger partial charge in [0.1, 0.15) is 5.03 Å². The minimum Gasteiger partial charge on any atom is -0.478 e. The van der Waals surface area contributed by atoms with Gasteiger partial charge in [-0.05, 0) is 36.4 Å². The summed E-state index contributed by atoms with van der Waals surface area (Å²) in [5, 5.41) is 11.1. The molecule has 2 heterocycles. The third kappa shape index (κ3) is 2.85. The number of carboxylic acid groups (broad SMARTS) is 1. The Labute approximate surface area is 125 Å². The Kier molecular flexibility index (Phi) is 3.53. The molecule has 0 fully saturated rings. The molecular weight excluding hydrogens is 286 g/mol. The zero-order valence-electron chi connectivity index (χ0n) is 11.1. The molecule has 3 rings (SSSR count). The van der Waals surface area contributed by atoms with Crippen LogP contribution >= 0.6 is 11.8 Å². The molecule has 21 heavy (non-hydrogen) atoms. The van der Waals surface area contributed by atoms with Gasteiger partial charge in [-0.1, -0.05) is 18.2 Å². The van der Waals surface area contributed by atoms with E-state index in [1.165, 1.54) is 11.8 Å². The standard InChI is InChI=1S/C15H11N3O2S/c1-9-7-16-15(17-8-9)21-13-6-11(14(19)20)10-4-2-3-5-12(10)18-13/h2-8H,1H3,(H,19,20). The fourth-order valence-corrected chi connectivity index (χ4v) is 2.63. The number of carbonyl (C=O) groups is 1. The summed E-state index contributed by atoms with van der Waals surface area (Å²) in [7, 11) is 0. The van der Waals surface area contributed by atoms with Crippen LogP contribution in [-0.4, -0.2) is 26.0 Å². The number of carboxylic acids is 1. The molecule has 104 valence electrons. The zero-order valence-corrected chi connectivity index (χ0v) is 12.0. The van der Waals surface area contributed by atoms with Gasteiger partial charge in [0.2, 0.25) is 0 Å². The zero-order chi connectivity index (χ0) is 14.8. The van der Waals surface area contributed by atoms with Crippen molar-refractivity contribution in [3.05, 3.63) is 53.9 Å². The number of para-hydroxylation sites is 1. The normalized spacial score (nSPS) is 10.7. The van der Waals surface area contributed by atoms with Crippen LogP contribution < -0.4 is 0 Å². The first-order chi connectivity index (χ1) is 10.1. The summed E-state index contributed by atoms with van der Waals surface area (Å²) in [6.45, 7) is 1.91. The average Bonchev–Trinajstić information content (AvgIpc) is 2.48. The number of aromatic carboxylic acids is 1. The summed E-state index contributed by atoms with van der Waals surface area (Å²) in [6.07, 6.45) is 3.43. The molecule has 1 N–H and O–H groups in total. The Morgan fingerprint density at radius 2 is 1.90 bits per heavy atom. The second-order valence-corrected chi connectivity index (χ2v) is 5.46. The summed E-state index contributed by atoms with van der Waals surface area (Å²) >= 11 is 1.25. The summed E-state index contributed by atoms with van der Waals surface area (Å²) in [4.78, 5) is 24.2. The number of hydrogen-bond acceptors (Lipinski definition) is 5. The van der Waals surface area contributed by atoms with E-state index in [2.05, 4.69) is 15.0 Å². The van der Waals surface area contributed by atoms with Crippen LogP contribution in [0.15, 0.2) is 52.9 Å². The van der Waals surface area contributed by atoms with E-state index in [9.17, 15) is 9.90 Å². The molecule has 0 amide bonds. The van der Waals surface area contributed by atoms with Gasteiger partial charge < -0.3 is 5.11 Å². The molecule has 0 aliphatic carbocycles. The highest BCUT2D eigenvalue weighted by molar-refractivity contribution is 7.99. The van der Waals surface area contributed by atoms with E-state index in [-0.39, 0.29) is 5.56 Å². The maximum atomic E-state index is 11.4. The van der Waals surface area contributed by atoms with Gasteiger partial charge in [0.05, 0.1) is 11.1 Å². The van der Waals surface area contributed by atoms with Gasteiger partial charge in [0.25, 0.3) is 0 Å². The number of aryl methyl sites for hydroxylation is 1. The van der Waals surface area contributed by atoms with Crippen molar-refractivity contribution in [2.75, 3.05) is 0 Å². The summed E-state index contributed by atoms with van der Waals surface area (Å²) < 4.78 is 0. The smallest absolute Gasteiger partial charge is 0.336 e. The summed E-state index contributed by atoms with van der Waals surface area (Å²) in [6, 6.07) is 8.73. The van der Waals surface area contributed by atoms with E-state index < -0.39 is 5.97 Å². The maximum absolute atomic E-state index is 11.4. The van der Waals surface area contributed by atoms with Crippen molar-refractivity contribution in [1.29, 1.82) is 0 Å². The molecule has 0 aliphatic rings. The fraction of sp³-hybridized carbons (Fsp3) is 0.0667. The average molecular weight is 297 g/mol. The molecule has 0 saturated carbocycles. The molecule has 0 bridgehead atoms. The first-order valence-electron chi connectivity index (χ1n) is 6.23. The van der Waals surface area contributed by atoms with Crippen LogP contribution in [0.5, 0.6) is 0 Å². The SMILES string of the molecule is Cc1cnc(Sc2cc(C(=O)O)c3ccccc3n2)nc1. The van der Waals surface area contributed by atoms with Crippen LogP contribution in [0.2, 0.25) is 0 Å². The molecule has 1 aromatic carbocycles. The van der Waals surface area contributed by atoms with Crippen molar-refractivity contribution >= 4 is 28.6 Å². The van der Waals surface area contributed by atoms with E-state index in [1.54, 1.807) is 36.7 Å². The second-order valence-electron chi connectivity index (χ2n) is 4.48. The number of hydrogen-bond donors (Lipinski definition) is 1. The summed E-state index contributed by atoms with van der Waals surface area (Å²) in [5.74, 6) is -0.972. The molecule has 0 unspecified atom stereocenters. The molecule has 0 saturated heterocycles. The van der Waals surface area contributed by atoms with Crippen LogP contribution in [0.1, 0.15) is 15.9 Å². The Morgan fingerprint density at radius 3 is 2.62 bits per heavy atom. The molecule has 0 aliphatic heterocycles. The Balaban J connectivity index is 2.06. The minimum atomic E-state index is -0.972. The highest BCUT2D eigenvalue weighted by Gasteiger charge is 2.12. The van der Waals surface area contributed by atoms with E-state index >= 15 is 0 Å². The number of aromatic nitrogens is 3. The first kappa shape index (κ1) is 13.5. The second kappa shape index (κ2) is 5.49. The Bertz CT molecular complexity index is 819. The monoisotopic (exact) mass is 297 g/mol. The van der Waals surface area contributed by atoms with Crippen molar-refractivity contribution < 1.29 is 9.90 Å². The molecule has 6 heteroatoms. The largest absolute Gasteiger partial charge is 0.478 e. The maximum Gasteiger partial charge on any atom is 0.336 e. The van der Waals surface area contributed by atoms with Gasteiger partial charge in [-0.2, -0.15) is 0 Å². The molecule has 3 aromatic rings. The van der Waals surface area contributed by atoms with Gasteiger partial charge in [0, 0.05) is 17.8 Å². The highest BCUT2D eigenvalue weighted by Crippen LogP contribution is 2.27. The van der Waals surface area contributed by atoms with Crippen molar-refractivity contribution in [3.63, 3.8) is 0 Å². The van der Waals surface area contributed by atoms with Gasteiger partial charge >= 0.3 is 5.97 Å². The number of benzene rings is 1. The lowest BCUT2D eigenvalue weighted by atomic mass is 10.1. The quantitative estimate of drug-likeness (QED) is 0.748. The van der Waals surface area contributed by atoms with Crippen molar-refractivity contribution in [2.24, 2.45) is 0 Å². The van der Waals surface area contributed by atoms with Crippen LogP contribution in [-0.2, 0) is 0 Å². The van der Waals surface area contributed by atoms with E-state index in [4.69, 9.17) is 0 Å². The van der Waals surface area contributed by atoms with Crippen LogP contribution in [0.4, 0.5) is 0 Å². The van der Waals surface area contributed by atoms with Crippen LogP contribution in [0.25, 0.3) is 10.9 Å². The lowest BCUT2D eigenvalue weighted by Gasteiger charge is -2.05. The van der Waals surface area contributed by atoms with E-state index in [0.29, 0.717) is 21.1 Å². The molecule has 0 spiro atoms. The predicted molar refractivity (Wildman–Crippen MR) is 79.6 cm³/mol. The minimum absolute atomic E-state index is 0.232. The van der Waals surface area contributed by atoms with Crippen LogP contribution in [0, 0.1) is 6.92 Å². The molecule has 0 radical (unpaired) electrons. The third-order valence-electron chi connectivity index (χ3n) is 2.88. The lowest BCUT2D eigenvalue weighted by Crippen LogP contribution is -2.00. The topological polar surface area (TPSA) is 76.0 Å². The highest BCUT2D eigenvalue weighted by atomic mass is 32.2. The lowest BCUT2D eigenvalue weighted by molar-refractivity contribution is 0.0698. The number of nitrogens with zero attached hydrogens (tertiary/aromatic N) is 3. The van der Waals surface area contributed by atoms with Gasteiger partial charge in [-0.15, -0.1) is 0 Å². The Morgan fingerprint density at radius 1 is 1.19 bits per heavy atom.